The normalized spacial score (nSPS) is 24.1. The average molecular weight is 277 g/mol. The van der Waals surface area contributed by atoms with Gasteiger partial charge in [0.05, 0.1) is 12.6 Å². The molecule has 0 saturated carbocycles. The van der Waals surface area contributed by atoms with Crippen molar-refractivity contribution >= 4 is 23.2 Å². The van der Waals surface area contributed by atoms with E-state index >= 15 is 0 Å². The highest BCUT2D eigenvalue weighted by atomic mass is 32.2. The van der Waals surface area contributed by atoms with Crippen LogP contribution in [-0.4, -0.2) is 56.6 Å². The molecule has 0 spiro atoms. The van der Waals surface area contributed by atoms with Gasteiger partial charge in [-0.3, -0.25) is 0 Å². The van der Waals surface area contributed by atoms with Crippen LogP contribution in [0.4, 0.5) is 9.59 Å². The fourth-order valence-corrected chi connectivity index (χ4v) is 2.90. The molecule has 2 N–H and O–H groups in total. The van der Waals surface area contributed by atoms with Crippen LogP contribution in [-0.2, 0) is 4.74 Å². The van der Waals surface area contributed by atoms with Crippen molar-refractivity contribution in [3.05, 3.63) is 0 Å². The van der Waals surface area contributed by atoms with Gasteiger partial charge in [0.15, 0.2) is 0 Å². The number of nitrogens with zero attached hydrogens (tertiary/aromatic N) is 1. The SMILES string of the molecule is CC(C)(C)OC(=O)SC1CC(CO)N(C(=O)O)C1. The van der Waals surface area contributed by atoms with Gasteiger partial charge in [-0.05, 0) is 39.0 Å². The standard InChI is InChI=1S/C11H19NO5S/c1-11(2,3)17-10(16)18-8-4-7(6-13)12(5-8)9(14)15/h7-8,13H,4-6H2,1-3H3,(H,14,15). The van der Waals surface area contributed by atoms with Gasteiger partial charge in [0.2, 0.25) is 0 Å². The maximum absolute atomic E-state index is 11.6. The molecule has 1 fully saturated rings. The molecule has 1 rings (SSSR count). The average Bonchev–Trinajstić information content (AvgIpc) is 2.57. The number of aliphatic hydroxyl groups excluding tert-OH is 1. The van der Waals surface area contributed by atoms with Crippen molar-refractivity contribution in [2.75, 3.05) is 13.2 Å². The van der Waals surface area contributed by atoms with E-state index in [0.29, 0.717) is 6.42 Å². The molecule has 1 aliphatic heterocycles. The fourth-order valence-electron chi connectivity index (χ4n) is 1.78. The number of carbonyl (C=O) groups excluding carboxylic acids is 1. The molecule has 1 amide bonds. The summed E-state index contributed by atoms with van der Waals surface area (Å²) in [6.07, 6.45) is -0.603. The Kier molecular flexibility index (Phi) is 4.86. The number of rotatable bonds is 2. The molecule has 6 nitrogen and oxygen atoms in total. The largest absolute Gasteiger partial charge is 0.465 e. The molecule has 0 radical (unpaired) electrons. The van der Waals surface area contributed by atoms with Crippen molar-refractivity contribution in [1.82, 2.24) is 4.90 Å². The van der Waals surface area contributed by atoms with Crippen LogP contribution < -0.4 is 0 Å². The lowest BCUT2D eigenvalue weighted by atomic mass is 10.2. The number of likely N-dealkylation sites (tertiary alicyclic amines) is 1. The molecule has 0 aromatic rings. The number of hydrogen-bond donors (Lipinski definition) is 2. The van der Waals surface area contributed by atoms with E-state index in [1.165, 1.54) is 4.90 Å². The number of carbonyl (C=O) groups is 2. The Hall–Kier alpha value is -0.950. The smallest absolute Gasteiger partial charge is 0.407 e. The van der Waals surface area contributed by atoms with E-state index in [-0.39, 0.29) is 18.4 Å². The van der Waals surface area contributed by atoms with Crippen LogP contribution in [0.5, 0.6) is 0 Å². The summed E-state index contributed by atoms with van der Waals surface area (Å²) in [7, 11) is 0. The monoisotopic (exact) mass is 277 g/mol. The number of thioether (sulfide) groups is 1. The first-order chi connectivity index (χ1) is 8.23. The summed E-state index contributed by atoms with van der Waals surface area (Å²) in [5.41, 5.74) is -0.550. The lowest BCUT2D eigenvalue weighted by Crippen LogP contribution is -2.36. The third-order valence-corrected chi connectivity index (χ3v) is 3.44. The van der Waals surface area contributed by atoms with Crippen molar-refractivity contribution in [1.29, 1.82) is 0 Å². The van der Waals surface area contributed by atoms with Crippen molar-refractivity contribution in [2.24, 2.45) is 0 Å². The fraction of sp³-hybridized carbons (Fsp3) is 0.818. The topological polar surface area (TPSA) is 87.1 Å². The summed E-state index contributed by atoms with van der Waals surface area (Å²) in [6, 6.07) is -0.428. The molecule has 1 saturated heterocycles. The van der Waals surface area contributed by atoms with E-state index in [1.54, 1.807) is 20.8 Å². The van der Waals surface area contributed by atoms with Gasteiger partial charge in [0.1, 0.15) is 5.60 Å². The number of aliphatic hydroxyl groups is 1. The Bertz CT molecular complexity index is 328. The molecule has 18 heavy (non-hydrogen) atoms. The zero-order chi connectivity index (χ0) is 13.9. The third-order valence-electron chi connectivity index (χ3n) is 2.48. The van der Waals surface area contributed by atoms with Gasteiger partial charge >= 0.3 is 11.4 Å². The summed E-state index contributed by atoms with van der Waals surface area (Å²) in [5.74, 6) is 0. The number of ether oxygens (including phenoxy) is 1. The summed E-state index contributed by atoms with van der Waals surface area (Å²) in [4.78, 5) is 23.7. The van der Waals surface area contributed by atoms with Crippen molar-refractivity contribution in [3.63, 3.8) is 0 Å². The Morgan fingerprint density at radius 2 is 2.06 bits per heavy atom. The van der Waals surface area contributed by atoms with Gasteiger partial charge in [-0.1, -0.05) is 0 Å². The van der Waals surface area contributed by atoms with Gasteiger partial charge in [0.25, 0.3) is 0 Å². The summed E-state index contributed by atoms with van der Waals surface area (Å²) < 4.78 is 5.16. The first kappa shape index (κ1) is 15.1. The molecule has 7 heteroatoms. The van der Waals surface area contributed by atoms with Crippen molar-refractivity contribution in [3.8, 4) is 0 Å². The minimum atomic E-state index is -1.07. The van der Waals surface area contributed by atoms with Crippen LogP contribution in [0, 0.1) is 0 Å². The highest BCUT2D eigenvalue weighted by Crippen LogP contribution is 2.29. The molecule has 0 aliphatic carbocycles. The van der Waals surface area contributed by atoms with Gasteiger partial charge in [-0.15, -0.1) is 0 Å². The van der Waals surface area contributed by atoms with Crippen LogP contribution in [0.15, 0.2) is 0 Å². The highest BCUT2D eigenvalue weighted by Gasteiger charge is 2.37. The molecule has 0 bridgehead atoms. The molecule has 0 aromatic carbocycles. The van der Waals surface area contributed by atoms with E-state index in [0.717, 1.165) is 11.8 Å². The Labute approximate surface area is 110 Å². The third kappa shape index (κ3) is 4.38. The number of amides is 1. The lowest BCUT2D eigenvalue weighted by Gasteiger charge is -2.20. The van der Waals surface area contributed by atoms with Crippen molar-refractivity contribution < 1.29 is 24.5 Å². The maximum Gasteiger partial charge on any atom is 0.407 e. The molecule has 104 valence electrons. The predicted molar refractivity (Wildman–Crippen MR) is 67.8 cm³/mol. The second-order valence-electron chi connectivity index (χ2n) is 5.21. The lowest BCUT2D eigenvalue weighted by molar-refractivity contribution is 0.0736. The molecule has 2 unspecified atom stereocenters. The van der Waals surface area contributed by atoms with Crippen LogP contribution in [0.1, 0.15) is 27.2 Å². The first-order valence-corrected chi connectivity index (χ1v) is 6.61. The zero-order valence-electron chi connectivity index (χ0n) is 10.8. The van der Waals surface area contributed by atoms with Crippen LogP contribution in [0.2, 0.25) is 0 Å². The van der Waals surface area contributed by atoms with Crippen LogP contribution in [0.3, 0.4) is 0 Å². The predicted octanol–water partition coefficient (Wildman–Crippen LogP) is 1.77. The van der Waals surface area contributed by atoms with E-state index < -0.39 is 23.0 Å². The molecule has 1 heterocycles. The molecule has 1 aliphatic rings. The highest BCUT2D eigenvalue weighted by molar-refractivity contribution is 8.13. The van der Waals surface area contributed by atoms with Gasteiger partial charge < -0.3 is 19.8 Å². The van der Waals surface area contributed by atoms with Gasteiger partial charge in [0, 0.05) is 11.8 Å². The molecule has 2 atom stereocenters. The van der Waals surface area contributed by atoms with Crippen LogP contribution in [0.25, 0.3) is 0 Å². The Morgan fingerprint density at radius 1 is 1.44 bits per heavy atom. The number of hydrogen-bond acceptors (Lipinski definition) is 5. The quantitative estimate of drug-likeness (QED) is 0.748. The summed E-state index contributed by atoms with van der Waals surface area (Å²) in [6.45, 7) is 5.35. The summed E-state index contributed by atoms with van der Waals surface area (Å²) in [5, 5.41) is 17.5. The van der Waals surface area contributed by atoms with Gasteiger partial charge in [-0.25, -0.2) is 9.59 Å². The maximum atomic E-state index is 11.6. The Morgan fingerprint density at radius 3 is 2.44 bits per heavy atom. The van der Waals surface area contributed by atoms with E-state index in [4.69, 9.17) is 14.9 Å². The molecular formula is C11H19NO5S. The minimum Gasteiger partial charge on any atom is -0.465 e. The second-order valence-corrected chi connectivity index (χ2v) is 6.45. The van der Waals surface area contributed by atoms with Crippen LogP contribution >= 0.6 is 11.8 Å². The van der Waals surface area contributed by atoms with E-state index in [9.17, 15) is 9.59 Å². The zero-order valence-corrected chi connectivity index (χ0v) is 11.6. The Balaban J connectivity index is 2.50. The van der Waals surface area contributed by atoms with E-state index in [1.807, 2.05) is 0 Å². The van der Waals surface area contributed by atoms with E-state index in [2.05, 4.69) is 0 Å². The first-order valence-electron chi connectivity index (χ1n) is 5.73. The second kappa shape index (κ2) is 5.79. The molecular weight excluding hydrogens is 258 g/mol. The van der Waals surface area contributed by atoms with Crippen molar-refractivity contribution in [2.45, 2.75) is 44.1 Å². The molecule has 0 aromatic heterocycles. The summed E-state index contributed by atoms with van der Waals surface area (Å²) >= 11 is 0.997. The van der Waals surface area contributed by atoms with Gasteiger partial charge in [-0.2, -0.15) is 0 Å². The number of carboxylic acid groups (broad SMARTS) is 1. The minimum absolute atomic E-state index is 0.159.